The summed E-state index contributed by atoms with van der Waals surface area (Å²) in [5.74, 6) is 0.999. The first-order valence-electron chi connectivity index (χ1n) is 10.3. The number of nitro benzene ring substituents is 1. The Morgan fingerprint density at radius 3 is 2.59 bits per heavy atom. The smallest absolute Gasteiger partial charge is 0.272 e. The van der Waals surface area contributed by atoms with Crippen LogP contribution in [-0.4, -0.2) is 48.7 Å². The van der Waals surface area contributed by atoms with Crippen molar-refractivity contribution >= 4 is 16.6 Å². The van der Waals surface area contributed by atoms with Crippen molar-refractivity contribution in [2.24, 2.45) is 5.92 Å². The largest absolute Gasteiger partial charge is 0.493 e. The van der Waals surface area contributed by atoms with E-state index in [0.29, 0.717) is 40.7 Å². The minimum atomic E-state index is -0.825. The number of rotatable bonds is 7. The summed E-state index contributed by atoms with van der Waals surface area (Å²) in [4.78, 5) is 16.9. The number of hydrogen-bond acceptors (Lipinski definition) is 7. The van der Waals surface area contributed by atoms with Gasteiger partial charge in [-0.1, -0.05) is 0 Å². The molecule has 3 aromatic rings. The predicted octanol–water partition coefficient (Wildman–Crippen LogP) is 4.80. The first-order valence-corrected chi connectivity index (χ1v) is 10.3. The molecule has 168 valence electrons. The Bertz CT molecular complexity index is 1130. The molecule has 1 saturated heterocycles. The quantitative estimate of drug-likeness (QED) is 0.384. The van der Waals surface area contributed by atoms with Gasteiger partial charge in [-0.25, -0.2) is 4.39 Å². The van der Waals surface area contributed by atoms with Crippen molar-refractivity contribution in [2.45, 2.75) is 12.8 Å². The van der Waals surface area contributed by atoms with Crippen molar-refractivity contribution in [3.63, 3.8) is 0 Å². The van der Waals surface area contributed by atoms with Crippen molar-refractivity contribution in [2.75, 3.05) is 33.9 Å². The molecule has 0 radical (unpaired) electrons. The van der Waals surface area contributed by atoms with Gasteiger partial charge < -0.3 is 19.1 Å². The number of fused-ring (bicyclic) bond motifs is 1. The Morgan fingerprint density at radius 2 is 1.91 bits per heavy atom. The van der Waals surface area contributed by atoms with Crippen LogP contribution in [0.1, 0.15) is 12.8 Å². The first kappa shape index (κ1) is 21.8. The molecule has 8 nitrogen and oxygen atoms in total. The lowest BCUT2D eigenvalue weighted by Crippen LogP contribution is -2.32. The lowest BCUT2D eigenvalue weighted by atomic mass is 9.98. The fraction of sp³-hybridized carbons (Fsp3) is 0.348. The third kappa shape index (κ3) is 4.72. The number of likely N-dealkylation sites (tertiary alicyclic amines) is 1. The second-order valence-electron chi connectivity index (χ2n) is 7.86. The highest BCUT2D eigenvalue weighted by molar-refractivity contribution is 5.88. The van der Waals surface area contributed by atoms with Crippen LogP contribution in [0.3, 0.4) is 0 Å². The highest BCUT2D eigenvalue weighted by Gasteiger charge is 2.19. The van der Waals surface area contributed by atoms with Crippen molar-refractivity contribution in [3.05, 3.63) is 58.5 Å². The van der Waals surface area contributed by atoms with Gasteiger partial charge >= 0.3 is 0 Å². The van der Waals surface area contributed by atoms with Crippen LogP contribution in [-0.2, 0) is 0 Å². The number of pyridine rings is 1. The maximum atomic E-state index is 14.3. The van der Waals surface area contributed by atoms with E-state index in [-0.39, 0.29) is 11.4 Å². The highest BCUT2D eigenvalue weighted by atomic mass is 19.1. The molecule has 0 unspecified atom stereocenters. The zero-order chi connectivity index (χ0) is 22.7. The topological polar surface area (TPSA) is 87.0 Å². The maximum absolute atomic E-state index is 14.3. The Balaban J connectivity index is 1.58. The number of hydrogen-bond donors (Lipinski definition) is 0. The third-order valence-electron chi connectivity index (χ3n) is 5.65. The van der Waals surface area contributed by atoms with Gasteiger partial charge in [-0.3, -0.25) is 15.1 Å². The molecule has 32 heavy (non-hydrogen) atoms. The molecule has 1 aromatic heterocycles. The molecule has 0 N–H and O–H groups in total. The Hall–Kier alpha value is -3.46. The number of halogens is 1. The van der Waals surface area contributed by atoms with Crippen LogP contribution in [0, 0.1) is 21.8 Å². The van der Waals surface area contributed by atoms with E-state index in [2.05, 4.69) is 16.9 Å². The van der Waals surface area contributed by atoms with Gasteiger partial charge in [-0.15, -0.1) is 0 Å². The van der Waals surface area contributed by atoms with Gasteiger partial charge in [0.25, 0.3) is 5.69 Å². The number of nitro groups is 1. The standard InChI is InChI=1S/C23H24FN3O5/c1-26-9-6-15(7-10-26)14-31-23-13-19-17(12-22(23)30-2)20(5-8-25-19)32-21-4-3-16(27(28)29)11-18(21)24/h3-5,8,11-13,15H,6-7,9-10,14H2,1-2H3. The minimum absolute atomic E-state index is 0.121. The summed E-state index contributed by atoms with van der Waals surface area (Å²) in [6.07, 6.45) is 3.72. The van der Waals surface area contributed by atoms with E-state index >= 15 is 0 Å². The van der Waals surface area contributed by atoms with Crippen LogP contribution >= 0.6 is 0 Å². The molecule has 4 rings (SSSR count). The number of non-ortho nitro benzene ring substituents is 1. The van der Waals surface area contributed by atoms with Gasteiger partial charge in [0.1, 0.15) is 5.75 Å². The van der Waals surface area contributed by atoms with Crippen molar-refractivity contribution in [3.8, 4) is 23.0 Å². The third-order valence-corrected chi connectivity index (χ3v) is 5.65. The van der Waals surface area contributed by atoms with Crippen molar-refractivity contribution in [1.82, 2.24) is 9.88 Å². The first-order chi connectivity index (χ1) is 15.4. The van der Waals surface area contributed by atoms with E-state index in [1.165, 1.54) is 12.1 Å². The number of methoxy groups -OCH3 is 1. The molecule has 1 fully saturated rings. The fourth-order valence-electron chi connectivity index (χ4n) is 3.73. The summed E-state index contributed by atoms with van der Waals surface area (Å²) in [6, 6.07) is 8.37. The molecule has 1 aliphatic heterocycles. The molecular formula is C23H24FN3O5. The van der Waals surface area contributed by atoms with Gasteiger partial charge in [0, 0.05) is 23.7 Å². The zero-order valence-electron chi connectivity index (χ0n) is 17.9. The summed E-state index contributed by atoms with van der Waals surface area (Å²) < 4.78 is 31.6. The molecular weight excluding hydrogens is 417 g/mol. The van der Waals surface area contributed by atoms with Gasteiger partial charge in [0.15, 0.2) is 23.1 Å². The average Bonchev–Trinajstić information content (AvgIpc) is 2.79. The monoisotopic (exact) mass is 441 g/mol. The van der Waals surface area contributed by atoms with Gasteiger partial charge in [-0.2, -0.15) is 0 Å². The van der Waals surface area contributed by atoms with E-state index in [4.69, 9.17) is 14.2 Å². The molecule has 0 atom stereocenters. The molecule has 1 aliphatic rings. The summed E-state index contributed by atoms with van der Waals surface area (Å²) in [5.41, 5.74) is 0.256. The normalized spacial score (nSPS) is 15.0. The highest BCUT2D eigenvalue weighted by Crippen LogP contribution is 2.38. The molecule has 0 aliphatic carbocycles. The summed E-state index contributed by atoms with van der Waals surface area (Å²) in [5, 5.41) is 11.4. The maximum Gasteiger partial charge on any atom is 0.272 e. The number of piperidine rings is 1. The number of ether oxygens (including phenoxy) is 3. The Morgan fingerprint density at radius 1 is 1.12 bits per heavy atom. The van der Waals surface area contributed by atoms with Crippen LogP contribution < -0.4 is 14.2 Å². The van der Waals surface area contributed by atoms with Crippen LogP contribution in [0.25, 0.3) is 10.9 Å². The van der Waals surface area contributed by atoms with Crippen LogP contribution in [0.4, 0.5) is 10.1 Å². The van der Waals surface area contributed by atoms with E-state index in [1.807, 2.05) is 0 Å². The van der Waals surface area contributed by atoms with E-state index in [0.717, 1.165) is 32.0 Å². The molecule has 2 heterocycles. The lowest BCUT2D eigenvalue weighted by molar-refractivity contribution is -0.385. The predicted molar refractivity (Wildman–Crippen MR) is 117 cm³/mol. The summed E-state index contributed by atoms with van der Waals surface area (Å²) in [7, 11) is 3.67. The Kier molecular flexibility index (Phi) is 6.36. The van der Waals surface area contributed by atoms with Crippen LogP contribution in [0.2, 0.25) is 0 Å². The zero-order valence-corrected chi connectivity index (χ0v) is 17.9. The molecule has 0 spiro atoms. The molecule has 9 heteroatoms. The van der Waals surface area contributed by atoms with Crippen LogP contribution in [0.5, 0.6) is 23.0 Å². The minimum Gasteiger partial charge on any atom is -0.493 e. The summed E-state index contributed by atoms with van der Waals surface area (Å²) in [6.45, 7) is 2.72. The molecule has 2 aromatic carbocycles. The summed E-state index contributed by atoms with van der Waals surface area (Å²) >= 11 is 0. The van der Waals surface area contributed by atoms with Gasteiger partial charge in [0.05, 0.1) is 30.2 Å². The van der Waals surface area contributed by atoms with E-state index in [9.17, 15) is 14.5 Å². The molecule has 0 bridgehead atoms. The average molecular weight is 441 g/mol. The SMILES string of the molecule is COc1cc2c(Oc3ccc([N+](=O)[O-])cc3F)ccnc2cc1OCC1CCN(C)CC1. The molecule has 0 amide bonds. The van der Waals surface area contributed by atoms with Crippen molar-refractivity contribution < 1.29 is 23.5 Å². The number of aromatic nitrogens is 1. The molecule has 0 saturated carbocycles. The van der Waals surface area contributed by atoms with E-state index in [1.54, 1.807) is 31.5 Å². The van der Waals surface area contributed by atoms with Crippen LogP contribution in [0.15, 0.2) is 42.6 Å². The van der Waals surface area contributed by atoms with Crippen molar-refractivity contribution in [1.29, 1.82) is 0 Å². The Labute approximate surface area is 184 Å². The number of benzene rings is 2. The second-order valence-corrected chi connectivity index (χ2v) is 7.86. The second kappa shape index (κ2) is 9.35. The number of nitrogens with zero attached hydrogens (tertiary/aromatic N) is 3. The van der Waals surface area contributed by atoms with E-state index < -0.39 is 10.7 Å². The van der Waals surface area contributed by atoms with Gasteiger partial charge in [-0.05, 0) is 57.1 Å². The lowest BCUT2D eigenvalue weighted by Gasteiger charge is -2.28. The fourth-order valence-corrected chi connectivity index (χ4v) is 3.73. The van der Waals surface area contributed by atoms with Gasteiger partial charge in [0.2, 0.25) is 0 Å².